The highest BCUT2D eigenvalue weighted by molar-refractivity contribution is 5.79. The van der Waals surface area contributed by atoms with Gasteiger partial charge in [-0.1, -0.05) is 24.5 Å². The van der Waals surface area contributed by atoms with Crippen molar-refractivity contribution in [2.45, 2.75) is 57.4 Å². The van der Waals surface area contributed by atoms with E-state index in [1.807, 2.05) is 4.90 Å². The van der Waals surface area contributed by atoms with Crippen LogP contribution < -0.4 is 5.32 Å². The zero-order chi connectivity index (χ0) is 21.8. The summed E-state index contributed by atoms with van der Waals surface area (Å²) in [5, 5.41) is 3.12. The van der Waals surface area contributed by atoms with Gasteiger partial charge in [0, 0.05) is 43.7 Å². The Morgan fingerprint density at radius 2 is 1.61 bits per heavy atom. The quantitative estimate of drug-likeness (QED) is 0.774. The van der Waals surface area contributed by atoms with E-state index < -0.39 is 11.6 Å². The number of likely N-dealkylation sites (tertiary alicyclic amines) is 2. The van der Waals surface area contributed by atoms with Gasteiger partial charge in [0.15, 0.2) is 0 Å². The van der Waals surface area contributed by atoms with E-state index in [9.17, 15) is 18.4 Å². The molecule has 2 saturated heterocycles. The van der Waals surface area contributed by atoms with Crippen molar-refractivity contribution in [1.29, 1.82) is 0 Å². The molecule has 1 saturated carbocycles. The maximum atomic E-state index is 13.8. The van der Waals surface area contributed by atoms with Gasteiger partial charge < -0.3 is 15.1 Å². The molecule has 5 nitrogen and oxygen atoms in total. The maximum Gasteiger partial charge on any atom is 0.317 e. The third kappa shape index (κ3) is 5.43. The molecule has 0 atom stereocenters. The summed E-state index contributed by atoms with van der Waals surface area (Å²) in [6, 6.07) is 3.47. The Kier molecular flexibility index (Phi) is 6.88. The number of urea groups is 1. The molecule has 0 aromatic heterocycles. The van der Waals surface area contributed by atoms with Gasteiger partial charge >= 0.3 is 6.03 Å². The number of piperidine rings is 2. The van der Waals surface area contributed by atoms with Crippen molar-refractivity contribution in [3.05, 3.63) is 41.0 Å². The van der Waals surface area contributed by atoms with E-state index in [-0.39, 0.29) is 23.6 Å². The molecule has 0 unspecified atom stereocenters. The molecule has 168 valence electrons. The van der Waals surface area contributed by atoms with Crippen molar-refractivity contribution >= 4 is 18.0 Å². The normalized spacial score (nSPS) is 20.8. The lowest BCUT2D eigenvalue weighted by molar-refractivity contribution is -0.136. The highest BCUT2D eigenvalue weighted by Crippen LogP contribution is 2.28. The fraction of sp³-hybridized carbons (Fsp3) is 0.583. The van der Waals surface area contributed by atoms with E-state index in [1.165, 1.54) is 6.07 Å². The van der Waals surface area contributed by atoms with Gasteiger partial charge in [0.1, 0.15) is 11.6 Å². The minimum absolute atomic E-state index is 0.0726. The number of hydrogen-bond donors (Lipinski definition) is 1. The number of halogens is 2. The summed E-state index contributed by atoms with van der Waals surface area (Å²) in [5.74, 6) is -0.386. The first-order valence-corrected chi connectivity index (χ1v) is 11.5. The Morgan fingerprint density at radius 1 is 0.935 bits per heavy atom. The summed E-state index contributed by atoms with van der Waals surface area (Å²) in [5.41, 5.74) is 1.28. The van der Waals surface area contributed by atoms with Crippen LogP contribution in [-0.4, -0.2) is 54.0 Å². The number of nitrogens with one attached hydrogen (secondary N) is 1. The van der Waals surface area contributed by atoms with Crippen LogP contribution in [0.15, 0.2) is 23.8 Å². The monoisotopic (exact) mass is 431 g/mol. The zero-order valence-corrected chi connectivity index (χ0v) is 17.9. The Labute approximate surface area is 182 Å². The lowest BCUT2D eigenvalue weighted by Gasteiger charge is -2.36. The molecule has 0 radical (unpaired) electrons. The van der Waals surface area contributed by atoms with Crippen LogP contribution in [0, 0.1) is 17.6 Å². The van der Waals surface area contributed by atoms with E-state index in [4.69, 9.17) is 0 Å². The van der Waals surface area contributed by atoms with Crippen LogP contribution in [0.25, 0.3) is 6.08 Å². The average molecular weight is 432 g/mol. The topological polar surface area (TPSA) is 52.7 Å². The van der Waals surface area contributed by atoms with Crippen molar-refractivity contribution in [3.8, 4) is 0 Å². The van der Waals surface area contributed by atoms with Gasteiger partial charge in [-0.05, 0) is 56.7 Å². The summed E-state index contributed by atoms with van der Waals surface area (Å²) in [6.45, 7) is 2.56. The fourth-order valence-electron chi connectivity index (χ4n) is 4.93. The van der Waals surface area contributed by atoms with Crippen molar-refractivity contribution in [2.24, 2.45) is 5.92 Å². The molecule has 1 aliphatic carbocycles. The molecule has 4 rings (SSSR count). The molecular weight excluding hydrogens is 400 g/mol. The summed E-state index contributed by atoms with van der Waals surface area (Å²) in [6.07, 6.45) is 8.95. The number of carbonyl (C=O) groups is 2. The largest absolute Gasteiger partial charge is 0.342 e. The molecule has 1 aromatic carbocycles. The van der Waals surface area contributed by atoms with Crippen LogP contribution in [0.2, 0.25) is 0 Å². The number of carbonyl (C=O) groups excluding carboxylic acids is 2. The van der Waals surface area contributed by atoms with Gasteiger partial charge in [-0.25, -0.2) is 13.6 Å². The molecule has 3 amide bonds. The number of nitrogens with zero attached hydrogens (tertiary/aromatic N) is 2. The van der Waals surface area contributed by atoms with E-state index in [1.54, 1.807) is 11.0 Å². The zero-order valence-electron chi connectivity index (χ0n) is 17.9. The fourth-order valence-corrected chi connectivity index (χ4v) is 4.93. The lowest BCUT2D eigenvalue weighted by atomic mass is 10.00. The van der Waals surface area contributed by atoms with Gasteiger partial charge in [0.2, 0.25) is 5.91 Å². The third-order valence-corrected chi connectivity index (χ3v) is 6.85. The number of hydrogen-bond acceptors (Lipinski definition) is 2. The van der Waals surface area contributed by atoms with E-state index in [0.29, 0.717) is 44.9 Å². The van der Waals surface area contributed by atoms with Crippen LogP contribution in [0.1, 0.15) is 56.9 Å². The average Bonchev–Trinajstić information content (AvgIpc) is 3.32. The molecule has 1 N–H and O–H groups in total. The second-order valence-corrected chi connectivity index (χ2v) is 8.99. The molecule has 2 aliphatic heterocycles. The summed E-state index contributed by atoms with van der Waals surface area (Å²) < 4.78 is 27.2. The standard InChI is InChI=1S/C24H31F2N3O2/c25-20-5-6-22(26)19(16-20)15-17-7-11-29(12-8-17)24(31)27-21-9-13-28(14-10-21)23(30)18-3-1-2-4-18/h5-6,15-16,18,21H,1-4,7-14H2,(H,27,31). The smallest absolute Gasteiger partial charge is 0.317 e. The van der Waals surface area contributed by atoms with Gasteiger partial charge in [0.25, 0.3) is 0 Å². The van der Waals surface area contributed by atoms with Gasteiger partial charge in [-0.15, -0.1) is 0 Å². The van der Waals surface area contributed by atoms with Crippen molar-refractivity contribution in [3.63, 3.8) is 0 Å². The molecule has 3 aliphatic rings. The van der Waals surface area contributed by atoms with Gasteiger partial charge in [0.05, 0.1) is 0 Å². The number of rotatable bonds is 3. The predicted octanol–water partition coefficient (Wildman–Crippen LogP) is 4.33. The Hall–Kier alpha value is -2.44. The summed E-state index contributed by atoms with van der Waals surface area (Å²) in [4.78, 5) is 29.0. The maximum absolute atomic E-state index is 13.8. The molecule has 0 bridgehead atoms. The van der Waals surface area contributed by atoms with Crippen molar-refractivity contribution in [2.75, 3.05) is 26.2 Å². The SMILES string of the molecule is O=C(NC1CCN(C(=O)C2CCCC2)CC1)N1CCC(=Cc2cc(F)ccc2F)CC1. The minimum atomic E-state index is -0.457. The molecule has 2 heterocycles. The third-order valence-electron chi connectivity index (χ3n) is 6.85. The van der Waals surface area contributed by atoms with Crippen molar-refractivity contribution < 1.29 is 18.4 Å². The minimum Gasteiger partial charge on any atom is -0.342 e. The first kappa shape index (κ1) is 21.8. The summed E-state index contributed by atoms with van der Waals surface area (Å²) in [7, 11) is 0. The molecule has 7 heteroatoms. The Morgan fingerprint density at radius 3 is 2.29 bits per heavy atom. The first-order valence-electron chi connectivity index (χ1n) is 11.5. The van der Waals surface area contributed by atoms with Crippen LogP contribution in [0.4, 0.5) is 13.6 Å². The van der Waals surface area contributed by atoms with Crippen LogP contribution in [-0.2, 0) is 4.79 Å². The highest BCUT2D eigenvalue weighted by atomic mass is 19.1. The second kappa shape index (κ2) is 9.79. The predicted molar refractivity (Wildman–Crippen MR) is 115 cm³/mol. The van der Waals surface area contributed by atoms with E-state index >= 15 is 0 Å². The first-order chi connectivity index (χ1) is 15.0. The van der Waals surface area contributed by atoms with Gasteiger partial charge in [-0.2, -0.15) is 0 Å². The van der Waals surface area contributed by atoms with E-state index in [2.05, 4.69) is 5.32 Å². The van der Waals surface area contributed by atoms with Crippen molar-refractivity contribution in [1.82, 2.24) is 15.1 Å². The molecule has 1 aromatic rings. The summed E-state index contributed by atoms with van der Waals surface area (Å²) >= 11 is 0. The van der Waals surface area contributed by atoms with Crippen LogP contribution in [0.5, 0.6) is 0 Å². The number of benzene rings is 1. The van der Waals surface area contributed by atoms with E-state index in [0.717, 1.165) is 56.2 Å². The molecule has 3 fully saturated rings. The second-order valence-electron chi connectivity index (χ2n) is 8.99. The number of amides is 3. The molecule has 0 spiro atoms. The Balaban J connectivity index is 1.22. The van der Waals surface area contributed by atoms with Crippen LogP contribution >= 0.6 is 0 Å². The Bertz CT molecular complexity index is 833. The van der Waals surface area contributed by atoms with Crippen LogP contribution in [0.3, 0.4) is 0 Å². The molecule has 31 heavy (non-hydrogen) atoms. The highest BCUT2D eigenvalue weighted by Gasteiger charge is 2.31. The molecular formula is C24H31F2N3O2. The lowest BCUT2D eigenvalue weighted by Crippen LogP contribution is -2.51. The van der Waals surface area contributed by atoms with Gasteiger partial charge in [-0.3, -0.25) is 4.79 Å².